The Balaban J connectivity index is 1.88. The molecular formula is C13H16N4O2. The quantitative estimate of drug-likeness (QED) is 0.601. The molecule has 0 aliphatic heterocycles. The first kappa shape index (κ1) is 11.8. The molecule has 6 nitrogen and oxygen atoms in total. The largest absolute Gasteiger partial charge is 0.481 e. The van der Waals surface area contributed by atoms with E-state index in [2.05, 4.69) is 16.4 Å². The predicted octanol–water partition coefficient (Wildman–Crippen LogP) is 0.933. The molecule has 2 aliphatic rings. The number of anilines is 3. The Morgan fingerprint density at radius 1 is 1.37 bits per heavy atom. The number of allylic oxidation sites excluding steroid dienone is 1. The smallest absolute Gasteiger partial charge is 0.309 e. The normalized spacial score (nSPS) is 31.6. The number of aliphatic carboxylic acids is 1. The molecule has 6 N–H and O–H groups in total. The van der Waals surface area contributed by atoms with Crippen LogP contribution >= 0.6 is 0 Å². The molecule has 0 aromatic carbocycles. The Bertz CT molecular complexity index is 558. The van der Waals surface area contributed by atoms with E-state index in [1.54, 1.807) is 12.3 Å². The van der Waals surface area contributed by atoms with Crippen molar-refractivity contribution in [2.45, 2.75) is 12.5 Å². The lowest BCUT2D eigenvalue weighted by Gasteiger charge is -2.27. The molecule has 6 heteroatoms. The fourth-order valence-corrected chi connectivity index (χ4v) is 3.15. The van der Waals surface area contributed by atoms with Crippen molar-refractivity contribution in [3.8, 4) is 0 Å². The zero-order valence-corrected chi connectivity index (χ0v) is 10.3. The van der Waals surface area contributed by atoms with Crippen LogP contribution in [0.5, 0.6) is 0 Å². The van der Waals surface area contributed by atoms with Gasteiger partial charge in [-0.1, -0.05) is 12.2 Å². The van der Waals surface area contributed by atoms with Gasteiger partial charge in [-0.05, 0) is 24.3 Å². The molecule has 19 heavy (non-hydrogen) atoms. The van der Waals surface area contributed by atoms with Crippen LogP contribution in [0.2, 0.25) is 0 Å². The Morgan fingerprint density at radius 3 is 2.84 bits per heavy atom. The number of carbonyl (C=O) groups is 1. The fourth-order valence-electron chi connectivity index (χ4n) is 3.15. The number of nitrogens with one attached hydrogen (secondary N) is 1. The van der Waals surface area contributed by atoms with Gasteiger partial charge in [0.1, 0.15) is 5.82 Å². The summed E-state index contributed by atoms with van der Waals surface area (Å²) >= 11 is 0. The van der Waals surface area contributed by atoms with Crippen LogP contribution in [0.3, 0.4) is 0 Å². The molecule has 2 aliphatic carbocycles. The third-order valence-electron chi connectivity index (χ3n) is 4.09. The molecule has 1 aromatic heterocycles. The summed E-state index contributed by atoms with van der Waals surface area (Å²) < 4.78 is 0. The predicted molar refractivity (Wildman–Crippen MR) is 72.3 cm³/mol. The number of carboxylic acids is 1. The molecule has 0 saturated heterocycles. The molecule has 0 unspecified atom stereocenters. The Hall–Kier alpha value is -2.24. The first-order valence-corrected chi connectivity index (χ1v) is 6.25. The lowest BCUT2D eigenvalue weighted by molar-refractivity contribution is -0.142. The summed E-state index contributed by atoms with van der Waals surface area (Å²) in [5.41, 5.74) is 12.6. The minimum Gasteiger partial charge on any atom is -0.481 e. The highest BCUT2D eigenvalue weighted by atomic mass is 16.4. The topological polar surface area (TPSA) is 114 Å². The highest BCUT2D eigenvalue weighted by molar-refractivity contribution is 5.78. The van der Waals surface area contributed by atoms with E-state index in [1.807, 2.05) is 6.08 Å². The van der Waals surface area contributed by atoms with Crippen molar-refractivity contribution < 1.29 is 9.90 Å². The van der Waals surface area contributed by atoms with Gasteiger partial charge in [0.05, 0.1) is 17.3 Å². The highest BCUT2D eigenvalue weighted by Crippen LogP contribution is 2.45. The molecule has 1 aromatic rings. The minimum absolute atomic E-state index is 0.111. The van der Waals surface area contributed by atoms with E-state index in [9.17, 15) is 9.90 Å². The van der Waals surface area contributed by atoms with Crippen LogP contribution in [-0.4, -0.2) is 22.1 Å². The van der Waals surface area contributed by atoms with Crippen LogP contribution in [0.1, 0.15) is 6.42 Å². The molecule has 3 rings (SSSR count). The lowest BCUT2D eigenvalue weighted by atomic mass is 9.89. The van der Waals surface area contributed by atoms with Gasteiger partial charge in [0.15, 0.2) is 0 Å². The number of rotatable bonds is 3. The van der Waals surface area contributed by atoms with Crippen molar-refractivity contribution in [2.24, 2.45) is 17.8 Å². The number of hydrogen-bond acceptors (Lipinski definition) is 5. The number of aromatic nitrogens is 1. The van der Waals surface area contributed by atoms with Crippen molar-refractivity contribution in [3.05, 3.63) is 24.4 Å². The number of nitrogen functional groups attached to an aromatic ring is 2. The number of fused-ring (bicyclic) bond motifs is 2. The van der Waals surface area contributed by atoms with Crippen molar-refractivity contribution >= 4 is 23.2 Å². The van der Waals surface area contributed by atoms with Crippen LogP contribution in [0, 0.1) is 17.8 Å². The first-order chi connectivity index (χ1) is 9.08. The molecule has 2 bridgehead atoms. The summed E-state index contributed by atoms with van der Waals surface area (Å²) in [5, 5.41) is 12.6. The molecule has 4 atom stereocenters. The standard InChI is InChI=1S/C13H16N4O2/c14-10-8(3-4-16-12(10)15)17-11-7-2-1-6(5-7)9(11)13(18)19/h1-4,6-7,9,11H,5,14H2,(H,18,19)(H3,15,16,17)/t6-,7+,9+,11-/m1/s1. The number of nitrogens with zero attached hydrogens (tertiary/aromatic N) is 1. The average Bonchev–Trinajstić information content (AvgIpc) is 2.95. The second-order valence-corrected chi connectivity index (χ2v) is 5.14. The maximum atomic E-state index is 11.4. The van der Waals surface area contributed by atoms with Crippen LogP contribution in [-0.2, 0) is 4.79 Å². The Morgan fingerprint density at radius 2 is 2.11 bits per heavy atom. The van der Waals surface area contributed by atoms with Gasteiger partial charge in [-0.25, -0.2) is 4.98 Å². The van der Waals surface area contributed by atoms with E-state index in [0.29, 0.717) is 11.4 Å². The van der Waals surface area contributed by atoms with Gasteiger partial charge in [-0.15, -0.1) is 0 Å². The molecule has 1 fully saturated rings. The molecule has 1 saturated carbocycles. The third-order valence-corrected chi connectivity index (χ3v) is 4.09. The van der Waals surface area contributed by atoms with Crippen molar-refractivity contribution in [1.82, 2.24) is 4.98 Å². The third kappa shape index (κ3) is 1.80. The molecule has 100 valence electrons. The second kappa shape index (κ2) is 4.15. The SMILES string of the molecule is Nc1nccc(N[C@H]2[C@@H](C(=O)O)[C@@H]3C=C[C@H]2C3)c1N. The van der Waals surface area contributed by atoms with Gasteiger partial charge >= 0.3 is 5.97 Å². The molecule has 0 spiro atoms. The minimum atomic E-state index is -0.769. The molecule has 0 amide bonds. The van der Waals surface area contributed by atoms with Crippen molar-refractivity contribution in [1.29, 1.82) is 0 Å². The number of pyridine rings is 1. The van der Waals surface area contributed by atoms with Gasteiger partial charge in [0, 0.05) is 12.2 Å². The van der Waals surface area contributed by atoms with Crippen molar-refractivity contribution in [2.75, 3.05) is 16.8 Å². The Kier molecular flexibility index (Phi) is 2.58. The summed E-state index contributed by atoms with van der Waals surface area (Å²) in [7, 11) is 0. The van der Waals surface area contributed by atoms with E-state index in [4.69, 9.17) is 11.5 Å². The lowest BCUT2D eigenvalue weighted by Crippen LogP contribution is -2.37. The van der Waals surface area contributed by atoms with E-state index < -0.39 is 11.9 Å². The molecule has 0 radical (unpaired) electrons. The van der Waals surface area contributed by atoms with Gasteiger partial charge in [0.25, 0.3) is 0 Å². The van der Waals surface area contributed by atoms with Crippen molar-refractivity contribution in [3.63, 3.8) is 0 Å². The zero-order valence-electron chi connectivity index (χ0n) is 10.3. The summed E-state index contributed by atoms with van der Waals surface area (Å²) in [6.45, 7) is 0. The summed E-state index contributed by atoms with van der Waals surface area (Å²) in [4.78, 5) is 15.3. The number of hydrogen-bond donors (Lipinski definition) is 4. The van der Waals surface area contributed by atoms with E-state index in [1.165, 1.54) is 0 Å². The number of nitrogens with two attached hydrogens (primary N) is 2. The first-order valence-electron chi connectivity index (χ1n) is 6.25. The van der Waals surface area contributed by atoms with Crippen LogP contribution < -0.4 is 16.8 Å². The zero-order chi connectivity index (χ0) is 13.6. The maximum absolute atomic E-state index is 11.4. The van der Waals surface area contributed by atoms with E-state index in [0.717, 1.165) is 6.42 Å². The van der Waals surface area contributed by atoms with E-state index >= 15 is 0 Å². The average molecular weight is 260 g/mol. The van der Waals surface area contributed by atoms with Gasteiger partial charge < -0.3 is 21.9 Å². The van der Waals surface area contributed by atoms with Gasteiger partial charge in [0.2, 0.25) is 0 Å². The number of carboxylic acid groups (broad SMARTS) is 1. The highest BCUT2D eigenvalue weighted by Gasteiger charge is 2.48. The summed E-state index contributed by atoms with van der Waals surface area (Å²) in [6.07, 6.45) is 6.54. The van der Waals surface area contributed by atoms with Crippen LogP contribution in [0.15, 0.2) is 24.4 Å². The molecule has 1 heterocycles. The van der Waals surface area contributed by atoms with Crippen LogP contribution in [0.25, 0.3) is 0 Å². The van der Waals surface area contributed by atoms with E-state index in [-0.39, 0.29) is 23.7 Å². The molecular weight excluding hydrogens is 244 g/mol. The monoisotopic (exact) mass is 260 g/mol. The van der Waals surface area contributed by atoms with Gasteiger partial charge in [-0.3, -0.25) is 4.79 Å². The Labute approximate surface area is 110 Å². The van der Waals surface area contributed by atoms with Gasteiger partial charge in [-0.2, -0.15) is 0 Å². The summed E-state index contributed by atoms with van der Waals surface area (Å²) in [5.74, 6) is -0.574. The second-order valence-electron chi connectivity index (χ2n) is 5.14. The maximum Gasteiger partial charge on any atom is 0.309 e. The fraction of sp³-hybridized carbons (Fsp3) is 0.385. The summed E-state index contributed by atoms with van der Waals surface area (Å²) in [6, 6.07) is 1.58. The van der Waals surface area contributed by atoms with Crippen LogP contribution in [0.4, 0.5) is 17.2 Å².